The molecule has 0 amide bonds. The number of hydrogen-bond acceptors (Lipinski definition) is 3. The Kier molecular flexibility index (Phi) is 3.49. The number of aromatic nitrogens is 1. The van der Waals surface area contributed by atoms with Crippen LogP contribution < -0.4 is 11.1 Å². The Hall–Kier alpha value is -2.47. The Bertz CT molecular complexity index is 991. The molecule has 4 nitrogen and oxygen atoms in total. The summed E-state index contributed by atoms with van der Waals surface area (Å²) in [7, 11) is 0. The lowest BCUT2D eigenvalue weighted by molar-refractivity contribution is 0.309. The van der Waals surface area contributed by atoms with E-state index in [0.717, 1.165) is 11.1 Å². The van der Waals surface area contributed by atoms with Crippen LogP contribution >= 0.6 is 0 Å². The molecular formula is C18H16F2N2O2. The third-order valence-electron chi connectivity index (χ3n) is 4.55. The second kappa shape index (κ2) is 5.56. The minimum atomic E-state index is -1.06. The largest absolute Gasteiger partial charge is 0.420 e. The van der Waals surface area contributed by atoms with E-state index < -0.39 is 17.7 Å². The lowest BCUT2D eigenvalue weighted by Crippen LogP contribution is -2.28. The molecule has 4 rings (SSSR count). The summed E-state index contributed by atoms with van der Waals surface area (Å²) in [6.07, 6.45) is -1.06. The molecule has 0 aliphatic carbocycles. The van der Waals surface area contributed by atoms with E-state index in [1.807, 2.05) is 6.07 Å². The van der Waals surface area contributed by atoms with Gasteiger partial charge < -0.3 is 9.73 Å². The number of hydrogen-bond donors (Lipinski definition) is 1. The lowest BCUT2D eigenvalue weighted by atomic mass is 9.94. The fraction of sp³-hybridized carbons (Fsp3) is 0.278. The minimum absolute atomic E-state index is 0.214. The summed E-state index contributed by atoms with van der Waals surface area (Å²) in [6.45, 7) is 2.66. The zero-order chi connectivity index (χ0) is 16.8. The maximum absolute atomic E-state index is 14.1. The van der Waals surface area contributed by atoms with E-state index in [1.54, 1.807) is 19.1 Å². The van der Waals surface area contributed by atoms with Crippen molar-refractivity contribution in [3.8, 4) is 0 Å². The minimum Gasteiger partial charge on any atom is -0.408 e. The van der Waals surface area contributed by atoms with Crippen molar-refractivity contribution in [2.24, 2.45) is 0 Å². The number of nitrogens with one attached hydrogen (secondary N) is 1. The molecule has 1 aliphatic rings. The molecule has 2 aromatic carbocycles. The molecule has 1 aromatic heterocycles. The first kappa shape index (κ1) is 15.1. The Balaban J connectivity index is 1.84. The van der Waals surface area contributed by atoms with Gasteiger partial charge in [-0.05, 0) is 35.2 Å². The lowest BCUT2D eigenvalue weighted by Gasteiger charge is -2.23. The highest BCUT2D eigenvalue weighted by atomic mass is 19.1. The summed E-state index contributed by atoms with van der Waals surface area (Å²) in [4.78, 5) is 12.2. The van der Waals surface area contributed by atoms with Gasteiger partial charge in [-0.25, -0.2) is 13.6 Å². The highest BCUT2D eigenvalue weighted by Gasteiger charge is 2.22. The number of oxazole rings is 1. The van der Waals surface area contributed by atoms with Crippen molar-refractivity contribution < 1.29 is 13.2 Å². The van der Waals surface area contributed by atoms with Gasteiger partial charge in [0.2, 0.25) is 0 Å². The third kappa shape index (κ3) is 2.34. The van der Waals surface area contributed by atoms with Gasteiger partial charge >= 0.3 is 5.76 Å². The zero-order valence-electron chi connectivity index (χ0n) is 13.1. The predicted molar refractivity (Wildman–Crippen MR) is 86.3 cm³/mol. The molecule has 0 radical (unpaired) electrons. The number of halogens is 2. The SMILES string of the molecule is Cc1cc2oc(=O)n(Cc3cccc4c3CNCC4F)c2cc1F. The fourth-order valence-electron chi connectivity index (χ4n) is 3.25. The maximum atomic E-state index is 14.1. The van der Waals surface area contributed by atoms with E-state index in [0.29, 0.717) is 28.8 Å². The van der Waals surface area contributed by atoms with E-state index in [-0.39, 0.29) is 13.1 Å². The van der Waals surface area contributed by atoms with Crippen molar-refractivity contribution in [2.45, 2.75) is 26.2 Å². The summed E-state index contributed by atoms with van der Waals surface area (Å²) < 4.78 is 34.6. The van der Waals surface area contributed by atoms with Gasteiger partial charge in [-0.15, -0.1) is 0 Å². The first-order chi connectivity index (χ1) is 11.5. The van der Waals surface area contributed by atoms with Crippen LogP contribution in [0.15, 0.2) is 39.5 Å². The van der Waals surface area contributed by atoms with Crippen molar-refractivity contribution in [1.29, 1.82) is 0 Å². The Morgan fingerprint density at radius 2 is 2.21 bits per heavy atom. The molecule has 0 saturated carbocycles. The Morgan fingerprint density at radius 3 is 3.04 bits per heavy atom. The molecule has 1 atom stereocenters. The highest BCUT2D eigenvalue weighted by Crippen LogP contribution is 2.28. The predicted octanol–water partition coefficient (Wildman–Crippen LogP) is 3.20. The zero-order valence-corrected chi connectivity index (χ0v) is 13.1. The van der Waals surface area contributed by atoms with E-state index in [9.17, 15) is 13.6 Å². The van der Waals surface area contributed by atoms with Crippen LogP contribution in [-0.4, -0.2) is 11.1 Å². The topological polar surface area (TPSA) is 47.2 Å². The van der Waals surface area contributed by atoms with Gasteiger partial charge in [-0.3, -0.25) is 4.57 Å². The molecule has 0 bridgehead atoms. The summed E-state index contributed by atoms with van der Waals surface area (Å²) >= 11 is 0. The smallest absolute Gasteiger partial charge is 0.408 e. The second-order valence-electron chi connectivity index (χ2n) is 6.11. The van der Waals surface area contributed by atoms with Crippen LogP contribution in [0.25, 0.3) is 11.1 Å². The fourth-order valence-corrected chi connectivity index (χ4v) is 3.25. The summed E-state index contributed by atoms with van der Waals surface area (Å²) in [5.41, 5.74) is 3.50. The third-order valence-corrected chi connectivity index (χ3v) is 4.55. The number of rotatable bonds is 2. The second-order valence-corrected chi connectivity index (χ2v) is 6.11. The van der Waals surface area contributed by atoms with Gasteiger partial charge in [0.25, 0.3) is 0 Å². The van der Waals surface area contributed by atoms with Crippen LogP contribution in [0.2, 0.25) is 0 Å². The molecule has 24 heavy (non-hydrogen) atoms. The quantitative estimate of drug-likeness (QED) is 0.785. The Morgan fingerprint density at radius 1 is 1.38 bits per heavy atom. The van der Waals surface area contributed by atoms with Crippen LogP contribution in [-0.2, 0) is 13.1 Å². The average molecular weight is 330 g/mol. The number of nitrogens with zero attached hydrogens (tertiary/aromatic N) is 1. The molecule has 6 heteroatoms. The van der Waals surface area contributed by atoms with E-state index in [1.165, 1.54) is 16.7 Å². The van der Waals surface area contributed by atoms with Crippen LogP contribution in [0, 0.1) is 12.7 Å². The van der Waals surface area contributed by atoms with Crippen LogP contribution in [0.3, 0.4) is 0 Å². The number of fused-ring (bicyclic) bond motifs is 2. The van der Waals surface area contributed by atoms with E-state index in [4.69, 9.17) is 4.42 Å². The molecular weight excluding hydrogens is 314 g/mol. The number of aryl methyl sites for hydroxylation is 1. The first-order valence-corrected chi connectivity index (χ1v) is 7.79. The molecule has 1 unspecified atom stereocenters. The van der Waals surface area contributed by atoms with E-state index in [2.05, 4.69) is 5.32 Å². The van der Waals surface area contributed by atoms with Crippen LogP contribution in [0.4, 0.5) is 8.78 Å². The normalized spacial score (nSPS) is 17.2. The molecule has 0 saturated heterocycles. The monoisotopic (exact) mass is 330 g/mol. The van der Waals surface area contributed by atoms with Gasteiger partial charge in [-0.1, -0.05) is 18.2 Å². The van der Waals surface area contributed by atoms with Crippen molar-refractivity contribution in [1.82, 2.24) is 9.88 Å². The van der Waals surface area contributed by atoms with Gasteiger partial charge in [0.05, 0.1) is 12.1 Å². The van der Waals surface area contributed by atoms with Crippen molar-refractivity contribution in [3.63, 3.8) is 0 Å². The standard InChI is InChI=1S/C18H16F2N2O2/c1-10-5-17-16(6-14(10)19)22(18(23)24-17)9-11-3-2-4-12-13(11)7-21-8-15(12)20/h2-6,15,21H,7-9H2,1H3. The Labute approximate surface area is 136 Å². The average Bonchev–Trinajstić information content (AvgIpc) is 2.84. The van der Waals surface area contributed by atoms with Crippen molar-refractivity contribution >= 4 is 11.1 Å². The molecule has 3 aromatic rings. The summed E-state index contributed by atoms with van der Waals surface area (Å²) in [5.74, 6) is -0.939. The van der Waals surface area contributed by atoms with Gasteiger partial charge in [0.1, 0.15) is 12.0 Å². The summed E-state index contributed by atoms with van der Waals surface area (Å²) in [6, 6.07) is 8.23. The van der Waals surface area contributed by atoms with Crippen molar-refractivity contribution in [3.05, 3.63) is 69.0 Å². The number of alkyl halides is 1. The first-order valence-electron chi connectivity index (χ1n) is 7.79. The molecule has 2 heterocycles. The molecule has 0 fully saturated rings. The highest BCUT2D eigenvalue weighted by molar-refractivity contribution is 5.74. The van der Waals surface area contributed by atoms with Crippen LogP contribution in [0.5, 0.6) is 0 Å². The molecule has 1 N–H and O–H groups in total. The van der Waals surface area contributed by atoms with E-state index >= 15 is 0 Å². The van der Waals surface area contributed by atoms with Crippen molar-refractivity contribution in [2.75, 3.05) is 6.54 Å². The summed E-state index contributed by atoms with van der Waals surface area (Å²) in [5, 5.41) is 3.03. The van der Waals surface area contributed by atoms with Gasteiger partial charge in [-0.2, -0.15) is 0 Å². The molecule has 1 aliphatic heterocycles. The maximum Gasteiger partial charge on any atom is 0.420 e. The van der Waals surface area contributed by atoms with Gasteiger partial charge in [0.15, 0.2) is 5.58 Å². The van der Waals surface area contributed by atoms with Gasteiger partial charge in [0, 0.05) is 19.2 Å². The molecule has 0 spiro atoms. The molecule has 124 valence electrons. The van der Waals surface area contributed by atoms with Crippen LogP contribution in [0.1, 0.15) is 28.4 Å². The number of benzene rings is 2.